The van der Waals surface area contributed by atoms with E-state index in [1.165, 1.54) is 6.07 Å². The van der Waals surface area contributed by atoms with Crippen LogP contribution in [0.1, 0.15) is 30.2 Å². The molecule has 2 N–H and O–H groups in total. The van der Waals surface area contributed by atoms with E-state index in [9.17, 15) is 4.79 Å². The Morgan fingerprint density at radius 2 is 2.33 bits per heavy atom. The largest absolute Gasteiger partial charge is 0.394 e. The summed E-state index contributed by atoms with van der Waals surface area (Å²) < 4.78 is 5.65. The second-order valence-corrected chi connectivity index (χ2v) is 3.91. The van der Waals surface area contributed by atoms with Crippen LogP contribution in [0.25, 0.3) is 0 Å². The van der Waals surface area contributed by atoms with Gasteiger partial charge in [-0.05, 0) is 25.8 Å². The monoisotopic (exact) mass is 209 g/mol. The Kier molecular flexibility index (Phi) is 2.88. The third-order valence-corrected chi connectivity index (χ3v) is 2.82. The van der Waals surface area contributed by atoms with Crippen LogP contribution in [0.3, 0.4) is 0 Å². The number of pyridine rings is 1. The van der Waals surface area contributed by atoms with Gasteiger partial charge < -0.3 is 14.8 Å². The number of aliphatic hydroxyl groups is 1. The maximum atomic E-state index is 11.0. The van der Waals surface area contributed by atoms with Crippen molar-refractivity contribution in [2.45, 2.75) is 32.0 Å². The summed E-state index contributed by atoms with van der Waals surface area (Å²) in [4.78, 5) is 13.8. The first-order chi connectivity index (χ1) is 7.20. The highest BCUT2D eigenvalue weighted by Gasteiger charge is 2.26. The molecule has 0 aromatic carbocycles. The molecule has 1 fully saturated rings. The molecule has 2 rings (SSSR count). The molecule has 0 bridgehead atoms. The number of rotatable bonds is 2. The Morgan fingerprint density at radius 1 is 1.53 bits per heavy atom. The van der Waals surface area contributed by atoms with E-state index in [2.05, 4.69) is 4.98 Å². The van der Waals surface area contributed by atoms with Crippen LogP contribution in [-0.2, 0) is 4.74 Å². The first kappa shape index (κ1) is 10.4. The Morgan fingerprint density at radius 3 is 2.93 bits per heavy atom. The summed E-state index contributed by atoms with van der Waals surface area (Å²) in [7, 11) is 0. The van der Waals surface area contributed by atoms with Gasteiger partial charge in [0.05, 0.1) is 18.8 Å². The van der Waals surface area contributed by atoms with Crippen LogP contribution in [0, 0.1) is 6.92 Å². The zero-order valence-corrected chi connectivity index (χ0v) is 8.69. The Labute approximate surface area is 87.9 Å². The number of aliphatic hydroxyl groups excluding tert-OH is 1. The number of aromatic amines is 1. The van der Waals surface area contributed by atoms with Gasteiger partial charge in [-0.2, -0.15) is 0 Å². The van der Waals surface area contributed by atoms with E-state index in [0.717, 1.165) is 24.1 Å². The second kappa shape index (κ2) is 4.16. The quantitative estimate of drug-likeness (QED) is 0.760. The van der Waals surface area contributed by atoms with Gasteiger partial charge >= 0.3 is 0 Å². The van der Waals surface area contributed by atoms with E-state index >= 15 is 0 Å². The lowest BCUT2D eigenvalue weighted by atomic mass is 10.1. The van der Waals surface area contributed by atoms with E-state index < -0.39 is 0 Å². The summed E-state index contributed by atoms with van der Waals surface area (Å²) in [6.07, 6.45) is 1.73. The minimum atomic E-state index is -0.0899. The summed E-state index contributed by atoms with van der Waals surface area (Å²) in [6.45, 7) is 1.94. The van der Waals surface area contributed by atoms with Crippen LogP contribution in [0.2, 0.25) is 0 Å². The van der Waals surface area contributed by atoms with Gasteiger partial charge in [-0.1, -0.05) is 0 Å². The van der Waals surface area contributed by atoms with Gasteiger partial charge in [0.1, 0.15) is 0 Å². The third-order valence-electron chi connectivity index (χ3n) is 2.82. The number of nitrogens with one attached hydrogen (secondary N) is 1. The van der Waals surface area contributed by atoms with Crippen molar-refractivity contribution in [2.75, 3.05) is 6.61 Å². The molecule has 1 aliphatic rings. The second-order valence-electron chi connectivity index (χ2n) is 3.91. The van der Waals surface area contributed by atoms with E-state index in [1.54, 1.807) is 6.07 Å². The predicted octanol–water partition coefficient (Wildman–Crippen LogP) is 0.896. The maximum Gasteiger partial charge on any atom is 0.248 e. The van der Waals surface area contributed by atoms with Crippen molar-refractivity contribution in [1.29, 1.82) is 0 Å². The molecule has 1 aromatic heterocycles. The summed E-state index contributed by atoms with van der Waals surface area (Å²) >= 11 is 0. The minimum Gasteiger partial charge on any atom is -0.394 e. The number of ether oxygens (including phenoxy) is 1. The number of hydrogen-bond donors (Lipinski definition) is 2. The van der Waals surface area contributed by atoms with Crippen LogP contribution >= 0.6 is 0 Å². The standard InChI is InChI=1S/C11H15NO3/c1-7-9(3-5-11(14)12-7)10-4-2-8(6-13)15-10/h3,5,8,10,13H,2,4,6H2,1H3,(H,12,14)/t8-,10+/m0/s1. The fourth-order valence-electron chi connectivity index (χ4n) is 2.01. The van der Waals surface area contributed by atoms with Crippen LogP contribution in [-0.4, -0.2) is 22.8 Å². The number of hydrogen-bond acceptors (Lipinski definition) is 3. The Bertz CT molecular complexity index is 399. The van der Waals surface area contributed by atoms with Gasteiger partial charge in [0.2, 0.25) is 5.56 Å². The molecular weight excluding hydrogens is 194 g/mol. The fourth-order valence-corrected chi connectivity index (χ4v) is 2.01. The molecule has 1 aromatic rings. The molecule has 2 heterocycles. The molecule has 0 radical (unpaired) electrons. The van der Waals surface area contributed by atoms with Crippen molar-refractivity contribution in [3.05, 3.63) is 33.7 Å². The summed E-state index contributed by atoms with van der Waals surface area (Å²) in [5, 5.41) is 8.96. The van der Waals surface area contributed by atoms with Crippen LogP contribution < -0.4 is 5.56 Å². The molecule has 4 heteroatoms. The van der Waals surface area contributed by atoms with Crippen molar-refractivity contribution < 1.29 is 9.84 Å². The molecule has 0 spiro atoms. The predicted molar refractivity (Wildman–Crippen MR) is 55.7 cm³/mol. The average molecular weight is 209 g/mol. The smallest absolute Gasteiger partial charge is 0.248 e. The maximum absolute atomic E-state index is 11.0. The molecule has 0 unspecified atom stereocenters. The lowest BCUT2D eigenvalue weighted by molar-refractivity contribution is 0.0106. The third kappa shape index (κ3) is 2.11. The lowest BCUT2D eigenvalue weighted by Crippen LogP contribution is -2.13. The normalized spacial score (nSPS) is 25.7. The molecule has 4 nitrogen and oxygen atoms in total. The van der Waals surface area contributed by atoms with E-state index in [0.29, 0.717) is 0 Å². The van der Waals surface area contributed by atoms with Gasteiger partial charge in [0, 0.05) is 17.3 Å². The molecule has 0 saturated carbocycles. The average Bonchev–Trinajstić information content (AvgIpc) is 2.66. The van der Waals surface area contributed by atoms with Crippen molar-refractivity contribution >= 4 is 0 Å². The van der Waals surface area contributed by atoms with Gasteiger partial charge in [-0.15, -0.1) is 0 Å². The molecule has 82 valence electrons. The van der Waals surface area contributed by atoms with Gasteiger partial charge in [-0.3, -0.25) is 4.79 Å². The van der Waals surface area contributed by atoms with E-state index in [1.807, 2.05) is 6.92 Å². The van der Waals surface area contributed by atoms with Crippen LogP contribution in [0.15, 0.2) is 16.9 Å². The first-order valence-corrected chi connectivity index (χ1v) is 5.17. The molecule has 0 amide bonds. The van der Waals surface area contributed by atoms with Crippen LogP contribution in [0.4, 0.5) is 0 Å². The minimum absolute atomic E-state index is 0.0130. The van der Waals surface area contributed by atoms with E-state index in [4.69, 9.17) is 9.84 Å². The molecule has 1 saturated heterocycles. The summed E-state index contributed by atoms with van der Waals surface area (Å²) in [5.41, 5.74) is 1.78. The topological polar surface area (TPSA) is 62.3 Å². The molecular formula is C11H15NO3. The SMILES string of the molecule is Cc1[nH]c(=O)ccc1[C@H]1CC[C@@H](CO)O1. The first-order valence-electron chi connectivity index (χ1n) is 5.17. The van der Waals surface area contributed by atoms with Crippen molar-refractivity contribution in [1.82, 2.24) is 4.98 Å². The van der Waals surface area contributed by atoms with Crippen molar-refractivity contribution in [3.63, 3.8) is 0 Å². The number of aryl methyl sites for hydroxylation is 1. The molecule has 1 aliphatic heterocycles. The molecule has 15 heavy (non-hydrogen) atoms. The summed E-state index contributed by atoms with van der Waals surface area (Å²) in [5.74, 6) is 0. The fraction of sp³-hybridized carbons (Fsp3) is 0.545. The highest BCUT2D eigenvalue weighted by Crippen LogP contribution is 2.32. The zero-order valence-electron chi connectivity index (χ0n) is 8.69. The lowest BCUT2D eigenvalue weighted by Gasteiger charge is -2.14. The van der Waals surface area contributed by atoms with Crippen molar-refractivity contribution in [3.8, 4) is 0 Å². The zero-order chi connectivity index (χ0) is 10.8. The van der Waals surface area contributed by atoms with Crippen molar-refractivity contribution in [2.24, 2.45) is 0 Å². The molecule has 0 aliphatic carbocycles. The van der Waals surface area contributed by atoms with Crippen LogP contribution in [0.5, 0.6) is 0 Å². The van der Waals surface area contributed by atoms with Gasteiger partial charge in [0.25, 0.3) is 0 Å². The Balaban J connectivity index is 2.20. The summed E-state index contributed by atoms with van der Waals surface area (Å²) in [6, 6.07) is 3.32. The molecule has 2 atom stereocenters. The number of H-pyrrole nitrogens is 1. The highest BCUT2D eigenvalue weighted by molar-refractivity contribution is 5.22. The van der Waals surface area contributed by atoms with Gasteiger partial charge in [-0.25, -0.2) is 0 Å². The Hall–Kier alpha value is -1.13. The number of aromatic nitrogens is 1. The van der Waals surface area contributed by atoms with Gasteiger partial charge in [0.15, 0.2) is 0 Å². The highest BCUT2D eigenvalue weighted by atomic mass is 16.5. The van der Waals surface area contributed by atoms with E-state index in [-0.39, 0.29) is 24.4 Å².